The van der Waals surface area contributed by atoms with Crippen LogP contribution in [0.15, 0.2) is 30.3 Å². The van der Waals surface area contributed by atoms with Crippen molar-refractivity contribution in [1.29, 1.82) is 0 Å². The Labute approximate surface area is 214 Å². The molecule has 0 fully saturated rings. The number of nitrogens with one attached hydrogen (secondary N) is 3. The molecule has 204 valence electrons. The van der Waals surface area contributed by atoms with E-state index in [1.54, 1.807) is 44.2 Å². The highest BCUT2D eigenvalue weighted by Crippen LogP contribution is 2.09. The molecular formula is C24H35N5O8. The second kappa shape index (κ2) is 15.2. The predicted octanol–water partition coefficient (Wildman–Crippen LogP) is -1.12. The van der Waals surface area contributed by atoms with E-state index in [1.807, 2.05) is 0 Å². The van der Waals surface area contributed by atoms with E-state index in [9.17, 15) is 33.9 Å². The van der Waals surface area contributed by atoms with Crippen LogP contribution in [0.1, 0.15) is 45.1 Å². The fourth-order valence-corrected chi connectivity index (χ4v) is 3.34. The van der Waals surface area contributed by atoms with Crippen LogP contribution in [0.25, 0.3) is 0 Å². The van der Waals surface area contributed by atoms with Gasteiger partial charge < -0.3 is 37.6 Å². The molecule has 1 aromatic rings. The van der Waals surface area contributed by atoms with Crippen molar-refractivity contribution in [1.82, 2.24) is 16.0 Å². The number of carboxylic acid groups (broad SMARTS) is 2. The molecule has 4 unspecified atom stereocenters. The standard InChI is InChI=1S/C24H35N5O8/c1-13(2)20(23(35)27-16(24(36)37)9-11-19(31)32)29-22(34)17(12-14-6-4-3-5-7-14)28-21(33)15(25)8-10-18(26)30/h3-7,13,15-17,20H,8-12,25H2,1-2H3,(H2,26,30)(H,27,35)(H,28,33)(H,29,34)(H,31,32)(H,36,37). The second-order valence-corrected chi connectivity index (χ2v) is 8.92. The van der Waals surface area contributed by atoms with Gasteiger partial charge in [0.15, 0.2) is 0 Å². The molecule has 0 heterocycles. The van der Waals surface area contributed by atoms with Crippen LogP contribution in [-0.4, -0.2) is 69.9 Å². The number of nitrogens with two attached hydrogens (primary N) is 2. The first kappa shape index (κ1) is 31.0. The maximum absolute atomic E-state index is 13.2. The fourth-order valence-electron chi connectivity index (χ4n) is 3.34. The van der Waals surface area contributed by atoms with Gasteiger partial charge >= 0.3 is 11.9 Å². The van der Waals surface area contributed by atoms with Crippen molar-refractivity contribution in [2.75, 3.05) is 0 Å². The van der Waals surface area contributed by atoms with Crippen LogP contribution < -0.4 is 27.4 Å². The molecule has 37 heavy (non-hydrogen) atoms. The predicted molar refractivity (Wildman–Crippen MR) is 132 cm³/mol. The third-order valence-electron chi connectivity index (χ3n) is 5.46. The summed E-state index contributed by atoms with van der Waals surface area (Å²) in [6.07, 6.45) is -0.900. The molecule has 0 aromatic heterocycles. The van der Waals surface area contributed by atoms with Gasteiger partial charge in [0.2, 0.25) is 23.6 Å². The molecule has 0 radical (unpaired) electrons. The Balaban J connectivity index is 3.04. The molecule has 13 nitrogen and oxygen atoms in total. The summed E-state index contributed by atoms with van der Waals surface area (Å²) in [7, 11) is 0. The quantitative estimate of drug-likeness (QED) is 0.139. The molecule has 0 bridgehead atoms. The summed E-state index contributed by atoms with van der Waals surface area (Å²) < 4.78 is 0. The average Bonchev–Trinajstić information content (AvgIpc) is 2.82. The number of primary amides is 1. The molecule has 0 saturated heterocycles. The monoisotopic (exact) mass is 521 g/mol. The summed E-state index contributed by atoms with van der Waals surface area (Å²) >= 11 is 0. The van der Waals surface area contributed by atoms with Gasteiger partial charge in [-0.2, -0.15) is 0 Å². The summed E-state index contributed by atoms with van der Waals surface area (Å²) in [5, 5.41) is 25.5. The normalized spacial score (nSPS) is 14.1. The second-order valence-electron chi connectivity index (χ2n) is 8.92. The van der Waals surface area contributed by atoms with E-state index in [4.69, 9.17) is 16.6 Å². The minimum Gasteiger partial charge on any atom is -0.481 e. The van der Waals surface area contributed by atoms with Crippen molar-refractivity contribution in [3.05, 3.63) is 35.9 Å². The van der Waals surface area contributed by atoms with Gasteiger partial charge in [0.05, 0.1) is 6.04 Å². The number of carbonyl (C=O) groups excluding carboxylic acids is 4. The lowest BCUT2D eigenvalue weighted by Crippen LogP contribution is -2.59. The molecular weight excluding hydrogens is 486 g/mol. The molecule has 0 aliphatic heterocycles. The van der Waals surface area contributed by atoms with E-state index in [0.29, 0.717) is 5.56 Å². The molecule has 4 atom stereocenters. The van der Waals surface area contributed by atoms with Crippen LogP contribution in [0.4, 0.5) is 0 Å². The molecule has 0 saturated carbocycles. The van der Waals surface area contributed by atoms with E-state index in [0.717, 1.165) is 0 Å². The lowest BCUT2D eigenvalue weighted by atomic mass is 10.00. The van der Waals surface area contributed by atoms with Crippen molar-refractivity contribution >= 4 is 35.6 Å². The van der Waals surface area contributed by atoms with Gasteiger partial charge in [0.25, 0.3) is 0 Å². The smallest absolute Gasteiger partial charge is 0.326 e. The summed E-state index contributed by atoms with van der Waals surface area (Å²) in [6, 6.07) is 3.86. The fraction of sp³-hybridized carbons (Fsp3) is 0.500. The zero-order chi connectivity index (χ0) is 28.1. The number of carbonyl (C=O) groups is 6. The first-order valence-corrected chi connectivity index (χ1v) is 11.7. The van der Waals surface area contributed by atoms with Crippen molar-refractivity contribution in [3.8, 4) is 0 Å². The molecule has 1 aromatic carbocycles. The highest BCUT2D eigenvalue weighted by atomic mass is 16.4. The van der Waals surface area contributed by atoms with Crippen molar-refractivity contribution in [3.63, 3.8) is 0 Å². The zero-order valence-electron chi connectivity index (χ0n) is 20.8. The van der Waals surface area contributed by atoms with Crippen LogP contribution in [0, 0.1) is 5.92 Å². The lowest BCUT2D eigenvalue weighted by molar-refractivity contribution is -0.143. The number of benzene rings is 1. The Morgan fingerprint density at radius 2 is 1.41 bits per heavy atom. The molecule has 4 amide bonds. The summed E-state index contributed by atoms with van der Waals surface area (Å²) in [5.41, 5.74) is 11.6. The lowest BCUT2D eigenvalue weighted by Gasteiger charge is -2.27. The Bertz CT molecular complexity index is 969. The molecule has 13 heteroatoms. The Morgan fingerprint density at radius 3 is 1.92 bits per heavy atom. The Morgan fingerprint density at radius 1 is 0.811 bits per heavy atom. The van der Waals surface area contributed by atoms with Gasteiger partial charge in [-0.25, -0.2) is 4.79 Å². The number of carboxylic acids is 2. The third-order valence-corrected chi connectivity index (χ3v) is 5.46. The Hall–Kier alpha value is -4.00. The summed E-state index contributed by atoms with van der Waals surface area (Å²) in [6.45, 7) is 3.25. The Kier molecular flexibility index (Phi) is 12.7. The van der Waals surface area contributed by atoms with Gasteiger partial charge in [-0.15, -0.1) is 0 Å². The van der Waals surface area contributed by atoms with Crippen molar-refractivity contribution in [2.45, 2.75) is 70.1 Å². The topological polar surface area (TPSA) is 231 Å². The highest BCUT2D eigenvalue weighted by molar-refractivity contribution is 5.94. The van der Waals surface area contributed by atoms with Gasteiger partial charge in [0.1, 0.15) is 18.1 Å². The first-order valence-electron chi connectivity index (χ1n) is 11.7. The molecule has 0 spiro atoms. The molecule has 0 aliphatic rings. The van der Waals surface area contributed by atoms with Crippen molar-refractivity contribution in [2.24, 2.45) is 17.4 Å². The van der Waals surface area contributed by atoms with Crippen LogP contribution >= 0.6 is 0 Å². The molecule has 9 N–H and O–H groups in total. The van der Waals surface area contributed by atoms with E-state index >= 15 is 0 Å². The van der Waals surface area contributed by atoms with Crippen LogP contribution in [0.5, 0.6) is 0 Å². The van der Waals surface area contributed by atoms with Gasteiger partial charge in [-0.3, -0.25) is 24.0 Å². The average molecular weight is 522 g/mol. The first-order chi connectivity index (χ1) is 17.3. The molecule has 1 rings (SSSR count). The molecule has 0 aliphatic carbocycles. The third kappa shape index (κ3) is 11.5. The van der Waals surface area contributed by atoms with E-state index in [1.165, 1.54) is 0 Å². The maximum Gasteiger partial charge on any atom is 0.326 e. The number of rotatable bonds is 16. The summed E-state index contributed by atoms with van der Waals surface area (Å²) in [4.78, 5) is 71.9. The SMILES string of the molecule is CC(C)C(NC(=O)C(Cc1ccccc1)NC(=O)C(N)CCC(N)=O)C(=O)NC(CCC(=O)O)C(=O)O. The van der Waals surface area contributed by atoms with Gasteiger partial charge in [-0.05, 0) is 24.3 Å². The van der Waals surface area contributed by atoms with E-state index < -0.39 is 72.1 Å². The zero-order valence-corrected chi connectivity index (χ0v) is 20.8. The van der Waals surface area contributed by atoms with Gasteiger partial charge in [0, 0.05) is 19.3 Å². The van der Waals surface area contributed by atoms with Crippen molar-refractivity contribution < 1.29 is 39.0 Å². The maximum atomic E-state index is 13.2. The summed E-state index contributed by atoms with van der Waals surface area (Å²) in [5.74, 6) is -5.97. The van der Waals surface area contributed by atoms with E-state index in [2.05, 4.69) is 16.0 Å². The highest BCUT2D eigenvalue weighted by Gasteiger charge is 2.32. The minimum atomic E-state index is -1.47. The number of aliphatic carboxylic acids is 2. The van der Waals surface area contributed by atoms with Crippen LogP contribution in [0.3, 0.4) is 0 Å². The van der Waals surface area contributed by atoms with E-state index in [-0.39, 0.29) is 25.7 Å². The number of amides is 4. The number of hydrogen-bond donors (Lipinski definition) is 7. The van der Waals surface area contributed by atoms with Crippen LogP contribution in [-0.2, 0) is 35.2 Å². The largest absolute Gasteiger partial charge is 0.481 e. The number of hydrogen-bond acceptors (Lipinski definition) is 7. The minimum absolute atomic E-state index is 0.0230. The van der Waals surface area contributed by atoms with Crippen LogP contribution in [0.2, 0.25) is 0 Å². The van der Waals surface area contributed by atoms with Gasteiger partial charge in [-0.1, -0.05) is 44.2 Å².